The van der Waals surface area contributed by atoms with E-state index in [9.17, 15) is 19.1 Å². The number of nitrogens with zero attached hydrogens (tertiary/aromatic N) is 5. The lowest BCUT2D eigenvalue weighted by Gasteiger charge is -2.34. The molecule has 2 N–H and O–H groups in total. The molecular formula is C31H34F2N6O3. The van der Waals surface area contributed by atoms with Crippen molar-refractivity contribution in [2.45, 2.75) is 45.1 Å². The summed E-state index contributed by atoms with van der Waals surface area (Å²) in [5.41, 5.74) is 1.22. The number of hydrogen-bond acceptors (Lipinski definition) is 6. The third-order valence-electron chi connectivity index (χ3n) is 7.24. The van der Waals surface area contributed by atoms with Crippen molar-refractivity contribution >= 4 is 30.2 Å². The molecule has 3 aromatic rings. The highest BCUT2D eigenvalue weighted by Crippen LogP contribution is 2.46. The molecule has 1 fully saturated rings. The molecule has 2 aromatic heterocycles. The van der Waals surface area contributed by atoms with Gasteiger partial charge in [0, 0.05) is 32.4 Å². The zero-order valence-electron chi connectivity index (χ0n) is 23.8. The van der Waals surface area contributed by atoms with Crippen LogP contribution in [0.3, 0.4) is 0 Å². The fourth-order valence-corrected chi connectivity index (χ4v) is 5.07. The number of nitrogens with one attached hydrogen (secondary N) is 1. The van der Waals surface area contributed by atoms with Gasteiger partial charge in [0.1, 0.15) is 23.1 Å². The maximum atomic E-state index is 16.0. The number of phenolic OH excluding ortho intramolecular Hbond substituents is 1. The smallest absolute Gasteiger partial charge is 0.219 e. The van der Waals surface area contributed by atoms with Crippen LogP contribution in [-0.2, 0) is 9.59 Å². The monoisotopic (exact) mass is 576 g/mol. The Kier molecular flexibility index (Phi) is 9.61. The first-order valence-electron chi connectivity index (χ1n) is 13.7. The highest BCUT2D eigenvalue weighted by molar-refractivity contribution is 6.06. The van der Waals surface area contributed by atoms with Crippen LogP contribution in [0, 0.1) is 18.6 Å². The summed E-state index contributed by atoms with van der Waals surface area (Å²) in [5.74, 6) is -1.79. The molecule has 1 aliphatic carbocycles. The number of pyridine rings is 2. The number of aromatic hydroxyl groups is 1. The highest BCUT2D eigenvalue weighted by atomic mass is 19.1. The molecule has 2 heterocycles. The number of rotatable bonds is 13. The first-order valence-corrected chi connectivity index (χ1v) is 13.7. The summed E-state index contributed by atoms with van der Waals surface area (Å²) in [6, 6.07) is 6.32. The van der Waals surface area contributed by atoms with Crippen LogP contribution >= 0.6 is 0 Å². The highest BCUT2D eigenvalue weighted by Gasteiger charge is 2.33. The van der Waals surface area contributed by atoms with Crippen LogP contribution in [0.2, 0.25) is 0 Å². The number of amides is 2. The Morgan fingerprint density at radius 3 is 2.64 bits per heavy atom. The molecular weight excluding hydrogens is 542 g/mol. The first-order chi connectivity index (χ1) is 20.3. The summed E-state index contributed by atoms with van der Waals surface area (Å²) in [7, 11) is 1.53. The van der Waals surface area contributed by atoms with E-state index in [-0.39, 0.29) is 29.9 Å². The van der Waals surface area contributed by atoms with Gasteiger partial charge in [-0.2, -0.15) is 0 Å². The predicted octanol–water partition coefficient (Wildman–Crippen LogP) is 5.00. The molecule has 1 atom stereocenters. The van der Waals surface area contributed by atoms with Gasteiger partial charge in [-0.25, -0.2) is 13.8 Å². The number of benzene rings is 1. The maximum Gasteiger partial charge on any atom is 0.219 e. The van der Waals surface area contributed by atoms with E-state index in [0.29, 0.717) is 43.0 Å². The standard InChI is InChI=1S/C31H34F2N6O3/c1-5-6-14-38(19(2)16-35-17-40)30(34-4)23-15-25(33)28(27-24(32)8-7-9-26(27)42)37-31(23)39(18-41)29-20(3)36-13-12-22(29)21-10-11-21/h5,7-9,12-13,15,17-19,21,42H,1,6,10-11,14,16H2,2-4H3,(H,35,40). The number of aryl methyl sites for hydroxylation is 1. The Morgan fingerprint density at radius 2 is 2.02 bits per heavy atom. The third-order valence-corrected chi connectivity index (χ3v) is 7.24. The Balaban J connectivity index is 2.01. The number of anilines is 2. The van der Waals surface area contributed by atoms with E-state index in [2.05, 4.69) is 26.9 Å². The van der Waals surface area contributed by atoms with Crippen LogP contribution < -0.4 is 10.2 Å². The Hall–Kier alpha value is -4.67. The molecule has 42 heavy (non-hydrogen) atoms. The number of hydrogen-bond donors (Lipinski definition) is 2. The molecule has 2 amide bonds. The molecule has 0 radical (unpaired) electrons. The second-order valence-electron chi connectivity index (χ2n) is 10.1. The number of carbonyl (C=O) groups excluding carboxylic acids is 2. The average Bonchev–Trinajstić information content (AvgIpc) is 3.82. The SMILES string of the molecule is C=CCCN(C(=NC)c1cc(F)c(-c2c(O)cccc2F)nc1N(C=O)c1c(C2CC2)ccnc1C)C(C)CNC=O. The zero-order valence-corrected chi connectivity index (χ0v) is 23.8. The van der Waals surface area contributed by atoms with Crippen molar-refractivity contribution in [2.24, 2.45) is 4.99 Å². The molecule has 9 nitrogen and oxygen atoms in total. The molecule has 4 rings (SSSR count). The van der Waals surface area contributed by atoms with E-state index in [1.54, 1.807) is 19.2 Å². The van der Waals surface area contributed by atoms with Crippen LogP contribution in [0.5, 0.6) is 5.75 Å². The van der Waals surface area contributed by atoms with Crippen molar-refractivity contribution < 1.29 is 23.5 Å². The van der Waals surface area contributed by atoms with E-state index >= 15 is 4.39 Å². The molecule has 11 heteroatoms. The summed E-state index contributed by atoms with van der Waals surface area (Å²) in [5, 5.41) is 13.2. The maximum absolute atomic E-state index is 16.0. The minimum atomic E-state index is -0.922. The Morgan fingerprint density at radius 1 is 1.26 bits per heavy atom. The fraction of sp³-hybridized carbons (Fsp3) is 0.323. The summed E-state index contributed by atoms with van der Waals surface area (Å²) in [6.07, 6.45) is 6.99. The minimum Gasteiger partial charge on any atom is -0.507 e. The molecule has 1 aliphatic rings. The predicted molar refractivity (Wildman–Crippen MR) is 158 cm³/mol. The summed E-state index contributed by atoms with van der Waals surface area (Å²) in [4.78, 5) is 40.5. The Labute approximate surface area is 243 Å². The normalized spacial score (nSPS) is 13.8. The summed E-state index contributed by atoms with van der Waals surface area (Å²) in [6.45, 7) is 8.11. The molecule has 0 spiro atoms. The number of carbonyl (C=O) groups is 2. The van der Waals surface area contributed by atoms with Gasteiger partial charge < -0.3 is 15.3 Å². The fourth-order valence-electron chi connectivity index (χ4n) is 5.07. The largest absolute Gasteiger partial charge is 0.507 e. The van der Waals surface area contributed by atoms with Gasteiger partial charge in [0.25, 0.3) is 0 Å². The van der Waals surface area contributed by atoms with Gasteiger partial charge in [-0.3, -0.25) is 24.5 Å². The first kappa shape index (κ1) is 30.3. The molecule has 1 saturated carbocycles. The number of halogens is 2. The van der Waals surface area contributed by atoms with Crippen LogP contribution in [0.4, 0.5) is 20.3 Å². The van der Waals surface area contributed by atoms with Crippen molar-refractivity contribution in [3.63, 3.8) is 0 Å². The minimum absolute atomic E-state index is 0.0122. The van der Waals surface area contributed by atoms with Gasteiger partial charge in [0.2, 0.25) is 12.8 Å². The lowest BCUT2D eigenvalue weighted by atomic mass is 10.0. The van der Waals surface area contributed by atoms with Crippen molar-refractivity contribution in [3.05, 3.63) is 77.6 Å². The number of amidine groups is 1. The second-order valence-corrected chi connectivity index (χ2v) is 10.1. The van der Waals surface area contributed by atoms with E-state index in [0.717, 1.165) is 30.5 Å². The van der Waals surface area contributed by atoms with Gasteiger partial charge in [-0.1, -0.05) is 12.1 Å². The molecule has 220 valence electrons. The molecule has 0 aliphatic heterocycles. The Bertz CT molecular complexity index is 1490. The lowest BCUT2D eigenvalue weighted by Crippen LogP contribution is -2.45. The van der Waals surface area contributed by atoms with Crippen molar-refractivity contribution in [1.29, 1.82) is 0 Å². The van der Waals surface area contributed by atoms with Crippen LogP contribution in [0.25, 0.3) is 11.3 Å². The van der Waals surface area contributed by atoms with Gasteiger partial charge in [0.15, 0.2) is 11.6 Å². The van der Waals surface area contributed by atoms with Gasteiger partial charge in [-0.05, 0) is 68.9 Å². The van der Waals surface area contributed by atoms with Crippen molar-refractivity contribution in [3.8, 4) is 17.0 Å². The molecule has 0 bridgehead atoms. The quantitative estimate of drug-likeness (QED) is 0.128. The van der Waals surface area contributed by atoms with Crippen LogP contribution in [-0.4, -0.2) is 64.8 Å². The summed E-state index contributed by atoms with van der Waals surface area (Å²) < 4.78 is 30.9. The third kappa shape index (κ3) is 6.14. The summed E-state index contributed by atoms with van der Waals surface area (Å²) >= 11 is 0. The molecule has 1 unspecified atom stereocenters. The van der Waals surface area contributed by atoms with E-state index in [1.165, 1.54) is 24.1 Å². The van der Waals surface area contributed by atoms with E-state index < -0.39 is 28.6 Å². The van der Waals surface area contributed by atoms with Crippen molar-refractivity contribution in [1.82, 2.24) is 20.2 Å². The van der Waals surface area contributed by atoms with Gasteiger partial charge in [0.05, 0.1) is 22.5 Å². The molecule has 1 aromatic carbocycles. The van der Waals surface area contributed by atoms with Crippen LogP contribution in [0.1, 0.15) is 48.9 Å². The van der Waals surface area contributed by atoms with E-state index in [1.807, 2.05) is 17.9 Å². The topological polar surface area (TPSA) is 111 Å². The number of aliphatic imine (C=N–C) groups is 1. The lowest BCUT2D eigenvalue weighted by molar-refractivity contribution is -0.109. The van der Waals surface area contributed by atoms with E-state index in [4.69, 9.17) is 0 Å². The number of aromatic nitrogens is 2. The van der Waals surface area contributed by atoms with Crippen molar-refractivity contribution in [2.75, 3.05) is 25.0 Å². The second kappa shape index (κ2) is 13.3. The van der Waals surface area contributed by atoms with Gasteiger partial charge >= 0.3 is 0 Å². The zero-order chi connectivity index (χ0) is 30.4. The van der Waals surface area contributed by atoms with Gasteiger partial charge in [-0.15, -0.1) is 6.58 Å². The average molecular weight is 577 g/mol. The number of phenols is 1. The van der Waals surface area contributed by atoms with Crippen LogP contribution in [0.15, 0.2) is 54.2 Å². The molecule has 0 saturated heterocycles.